The SMILES string of the molecule is CNC(C1CCOCC1)C1(C)CC1. The van der Waals surface area contributed by atoms with Gasteiger partial charge < -0.3 is 10.1 Å². The summed E-state index contributed by atoms with van der Waals surface area (Å²) in [4.78, 5) is 0. The minimum absolute atomic E-state index is 0.608. The third kappa shape index (κ3) is 1.89. The van der Waals surface area contributed by atoms with Crippen molar-refractivity contribution in [3.05, 3.63) is 0 Å². The summed E-state index contributed by atoms with van der Waals surface area (Å²) in [6, 6.07) is 0.733. The largest absolute Gasteiger partial charge is 0.381 e. The lowest BCUT2D eigenvalue weighted by atomic mass is 9.82. The van der Waals surface area contributed by atoms with Gasteiger partial charge in [0.25, 0.3) is 0 Å². The monoisotopic (exact) mass is 183 g/mol. The molecule has 2 aliphatic rings. The Morgan fingerprint density at radius 1 is 1.31 bits per heavy atom. The molecule has 0 amide bonds. The fraction of sp³-hybridized carbons (Fsp3) is 1.00. The summed E-state index contributed by atoms with van der Waals surface area (Å²) >= 11 is 0. The van der Waals surface area contributed by atoms with E-state index in [2.05, 4.69) is 19.3 Å². The van der Waals surface area contributed by atoms with Gasteiger partial charge in [0.1, 0.15) is 0 Å². The van der Waals surface area contributed by atoms with Crippen LogP contribution in [-0.2, 0) is 4.74 Å². The molecular formula is C11H21NO. The maximum atomic E-state index is 5.40. The van der Waals surface area contributed by atoms with Gasteiger partial charge in [-0.05, 0) is 44.1 Å². The lowest BCUT2D eigenvalue weighted by molar-refractivity contribution is 0.0447. The molecule has 0 aromatic heterocycles. The molecule has 1 heterocycles. The predicted molar refractivity (Wildman–Crippen MR) is 53.7 cm³/mol. The minimum atomic E-state index is 0.608. The topological polar surface area (TPSA) is 21.3 Å². The van der Waals surface area contributed by atoms with Crippen molar-refractivity contribution in [2.45, 2.75) is 38.6 Å². The maximum Gasteiger partial charge on any atom is 0.0469 e. The molecule has 0 aromatic carbocycles. The molecule has 1 atom stereocenters. The molecule has 76 valence electrons. The van der Waals surface area contributed by atoms with Gasteiger partial charge in [-0.15, -0.1) is 0 Å². The molecule has 1 unspecified atom stereocenters. The van der Waals surface area contributed by atoms with Crippen molar-refractivity contribution in [1.82, 2.24) is 5.32 Å². The molecule has 2 fully saturated rings. The Bertz CT molecular complexity index is 171. The first-order chi connectivity index (χ1) is 6.26. The molecular weight excluding hydrogens is 162 g/mol. The quantitative estimate of drug-likeness (QED) is 0.720. The van der Waals surface area contributed by atoms with Crippen molar-refractivity contribution >= 4 is 0 Å². The number of rotatable bonds is 3. The molecule has 1 aliphatic heterocycles. The smallest absolute Gasteiger partial charge is 0.0469 e. The van der Waals surface area contributed by atoms with Crippen molar-refractivity contribution in [2.24, 2.45) is 11.3 Å². The molecule has 13 heavy (non-hydrogen) atoms. The summed E-state index contributed by atoms with van der Waals surface area (Å²) < 4.78 is 5.40. The number of nitrogens with one attached hydrogen (secondary N) is 1. The van der Waals surface area contributed by atoms with E-state index >= 15 is 0 Å². The molecule has 2 heteroatoms. The first-order valence-electron chi connectivity index (χ1n) is 5.51. The summed E-state index contributed by atoms with van der Waals surface area (Å²) in [7, 11) is 2.11. The van der Waals surface area contributed by atoms with Crippen molar-refractivity contribution in [3.63, 3.8) is 0 Å². The van der Waals surface area contributed by atoms with Crippen LogP contribution in [0.5, 0.6) is 0 Å². The van der Waals surface area contributed by atoms with Gasteiger partial charge in [0.05, 0.1) is 0 Å². The molecule has 2 rings (SSSR count). The Kier molecular flexibility index (Phi) is 2.61. The molecule has 0 bridgehead atoms. The van der Waals surface area contributed by atoms with Crippen molar-refractivity contribution in [3.8, 4) is 0 Å². The third-order valence-electron chi connectivity index (χ3n) is 3.84. The van der Waals surface area contributed by atoms with Crippen LogP contribution >= 0.6 is 0 Å². The molecule has 1 aliphatic carbocycles. The highest BCUT2D eigenvalue weighted by atomic mass is 16.5. The van der Waals surface area contributed by atoms with Crippen LogP contribution in [0.2, 0.25) is 0 Å². The fourth-order valence-corrected chi connectivity index (χ4v) is 2.71. The minimum Gasteiger partial charge on any atom is -0.381 e. The van der Waals surface area contributed by atoms with E-state index in [1.165, 1.54) is 25.7 Å². The van der Waals surface area contributed by atoms with Gasteiger partial charge in [0.2, 0.25) is 0 Å². The van der Waals surface area contributed by atoms with Crippen LogP contribution in [0.3, 0.4) is 0 Å². The zero-order chi connectivity index (χ0) is 9.31. The normalized spacial score (nSPS) is 30.0. The second-order valence-corrected chi connectivity index (χ2v) is 4.87. The van der Waals surface area contributed by atoms with Gasteiger partial charge in [-0.1, -0.05) is 6.92 Å². The van der Waals surface area contributed by atoms with E-state index in [1.807, 2.05) is 0 Å². The van der Waals surface area contributed by atoms with Gasteiger partial charge in [-0.2, -0.15) is 0 Å². The average molecular weight is 183 g/mol. The highest BCUT2D eigenvalue weighted by Gasteiger charge is 2.47. The summed E-state index contributed by atoms with van der Waals surface area (Å²) in [6.45, 7) is 4.36. The zero-order valence-electron chi connectivity index (χ0n) is 8.81. The Labute approximate surface area is 81.0 Å². The lowest BCUT2D eigenvalue weighted by Crippen LogP contribution is -2.42. The highest BCUT2D eigenvalue weighted by molar-refractivity contribution is 5.01. The average Bonchev–Trinajstić information content (AvgIpc) is 2.87. The lowest BCUT2D eigenvalue weighted by Gasteiger charge is -2.34. The van der Waals surface area contributed by atoms with Gasteiger partial charge in [-0.3, -0.25) is 0 Å². The molecule has 2 nitrogen and oxygen atoms in total. The summed E-state index contributed by atoms with van der Waals surface area (Å²) in [5.41, 5.74) is 0.608. The maximum absolute atomic E-state index is 5.40. The van der Waals surface area contributed by atoms with Gasteiger partial charge in [0, 0.05) is 19.3 Å². The molecule has 1 saturated heterocycles. The second kappa shape index (κ2) is 3.58. The van der Waals surface area contributed by atoms with Gasteiger partial charge in [-0.25, -0.2) is 0 Å². The highest BCUT2D eigenvalue weighted by Crippen LogP contribution is 2.51. The number of ether oxygens (including phenoxy) is 1. The molecule has 0 spiro atoms. The molecule has 0 radical (unpaired) electrons. The Morgan fingerprint density at radius 2 is 1.92 bits per heavy atom. The van der Waals surface area contributed by atoms with E-state index in [1.54, 1.807) is 0 Å². The van der Waals surface area contributed by atoms with Crippen LogP contribution in [0, 0.1) is 11.3 Å². The summed E-state index contributed by atoms with van der Waals surface area (Å²) in [5, 5.41) is 3.52. The van der Waals surface area contributed by atoms with Crippen LogP contribution < -0.4 is 5.32 Å². The van der Waals surface area contributed by atoms with E-state index in [4.69, 9.17) is 4.74 Å². The van der Waals surface area contributed by atoms with Crippen LogP contribution in [0.4, 0.5) is 0 Å². The van der Waals surface area contributed by atoms with Crippen molar-refractivity contribution in [1.29, 1.82) is 0 Å². The van der Waals surface area contributed by atoms with Gasteiger partial charge >= 0.3 is 0 Å². The molecule has 0 aromatic rings. The second-order valence-electron chi connectivity index (χ2n) is 4.87. The van der Waals surface area contributed by atoms with Crippen LogP contribution in [0.25, 0.3) is 0 Å². The summed E-state index contributed by atoms with van der Waals surface area (Å²) in [5.74, 6) is 0.853. The van der Waals surface area contributed by atoms with E-state index in [9.17, 15) is 0 Å². The fourth-order valence-electron chi connectivity index (χ4n) is 2.71. The number of hydrogen-bond donors (Lipinski definition) is 1. The van der Waals surface area contributed by atoms with Gasteiger partial charge in [0.15, 0.2) is 0 Å². The van der Waals surface area contributed by atoms with Crippen LogP contribution in [-0.4, -0.2) is 26.3 Å². The van der Waals surface area contributed by atoms with Crippen molar-refractivity contribution in [2.75, 3.05) is 20.3 Å². The van der Waals surface area contributed by atoms with E-state index in [0.717, 1.165) is 25.2 Å². The third-order valence-corrected chi connectivity index (χ3v) is 3.84. The van der Waals surface area contributed by atoms with Crippen LogP contribution in [0.1, 0.15) is 32.6 Å². The summed E-state index contributed by atoms with van der Waals surface area (Å²) in [6.07, 6.45) is 5.33. The van der Waals surface area contributed by atoms with Crippen molar-refractivity contribution < 1.29 is 4.74 Å². The standard InChI is InChI=1S/C11H21NO/c1-11(5-6-11)10(12-2)9-3-7-13-8-4-9/h9-10,12H,3-8H2,1-2H3. The Morgan fingerprint density at radius 3 is 2.38 bits per heavy atom. The van der Waals surface area contributed by atoms with E-state index in [-0.39, 0.29) is 0 Å². The predicted octanol–water partition coefficient (Wildman–Crippen LogP) is 1.80. The van der Waals surface area contributed by atoms with E-state index in [0.29, 0.717) is 5.41 Å². The first-order valence-corrected chi connectivity index (χ1v) is 5.51. The molecule has 1 saturated carbocycles. The Hall–Kier alpha value is -0.0800. The zero-order valence-corrected chi connectivity index (χ0v) is 8.81. The first kappa shape index (κ1) is 9.47. The molecule has 1 N–H and O–H groups in total. The van der Waals surface area contributed by atoms with Crippen LogP contribution in [0.15, 0.2) is 0 Å². The van der Waals surface area contributed by atoms with E-state index < -0.39 is 0 Å². The Balaban J connectivity index is 1.94. The number of hydrogen-bond acceptors (Lipinski definition) is 2.